The molecule has 0 spiro atoms. The van der Waals surface area contributed by atoms with Gasteiger partial charge in [0.1, 0.15) is 17.9 Å². The molecular formula is C16H20BrNO3. The van der Waals surface area contributed by atoms with Gasteiger partial charge in [0.15, 0.2) is 0 Å². The molecular weight excluding hydrogens is 334 g/mol. The minimum absolute atomic E-state index is 0.0836. The van der Waals surface area contributed by atoms with E-state index in [9.17, 15) is 4.79 Å². The smallest absolute Gasteiger partial charge is 0.273 e. The Morgan fingerprint density at radius 1 is 1.29 bits per heavy atom. The van der Waals surface area contributed by atoms with E-state index in [1.54, 1.807) is 0 Å². The molecule has 1 amide bonds. The van der Waals surface area contributed by atoms with Gasteiger partial charge in [-0.2, -0.15) is 0 Å². The lowest BCUT2D eigenvalue weighted by Crippen LogP contribution is -2.55. The molecule has 1 aliphatic heterocycles. The minimum atomic E-state index is -1.02. The summed E-state index contributed by atoms with van der Waals surface area (Å²) in [5.74, 6) is -1.14. The van der Waals surface area contributed by atoms with Crippen molar-refractivity contribution in [3.05, 3.63) is 48.4 Å². The fourth-order valence-electron chi connectivity index (χ4n) is 2.20. The zero-order valence-corrected chi connectivity index (χ0v) is 14.0. The van der Waals surface area contributed by atoms with Crippen LogP contribution in [0, 0.1) is 5.41 Å². The number of amides is 1. The molecule has 1 heterocycles. The van der Waals surface area contributed by atoms with Gasteiger partial charge in [0.05, 0.1) is 11.4 Å². The number of carbonyl (C=O) groups excluding carboxylic acids is 1. The predicted molar refractivity (Wildman–Crippen MR) is 84.6 cm³/mol. The van der Waals surface area contributed by atoms with Crippen molar-refractivity contribution < 1.29 is 14.3 Å². The van der Waals surface area contributed by atoms with E-state index in [0.717, 1.165) is 5.56 Å². The van der Waals surface area contributed by atoms with Crippen LogP contribution in [0.5, 0.6) is 0 Å². The van der Waals surface area contributed by atoms with Crippen LogP contribution in [-0.4, -0.2) is 17.0 Å². The Hall–Kier alpha value is -1.49. The SMILES string of the molecule is C[C@@H](NC(=O)C(C)(C)C1(CBr)OC=CO1)c1ccccc1. The van der Waals surface area contributed by atoms with Crippen molar-refractivity contribution in [2.75, 3.05) is 5.33 Å². The Morgan fingerprint density at radius 3 is 2.38 bits per heavy atom. The molecule has 0 saturated heterocycles. The first-order valence-electron chi connectivity index (χ1n) is 6.85. The number of hydrogen-bond donors (Lipinski definition) is 1. The molecule has 0 aliphatic carbocycles. The third-order valence-electron chi connectivity index (χ3n) is 3.92. The second kappa shape index (κ2) is 6.10. The maximum absolute atomic E-state index is 12.7. The number of benzene rings is 1. The minimum Gasteiger partial charge on any atom is -0.455 e. The predicted octanol–water partition coefficient (Wildman–Crippen LogP) is 3.50. The van der Waals surface area contributed by atoms with Crippen LogP contribution in [0.25, 0.3) is 0 Å². The van der Waals surface area contributed by atoms with Gasteiger partial charge in [-0.05, 0) is 26.3 Å². The van der Waals surface area contributed by atoms with Gasteiger partial charge in [0.25, 0.3) is 5.79 Å². The Kier molecular flexibility index (Phi) is 4.61. The summed E-state index contributed by atoms with van der Waals surface area (Å²) in [6.45, 7) is 5.58. The number of nitrogens with one attached hydrogen (secondary N) is 1. The average molecular weight is 354 g/mol. The number of rotatable bonds is 5. The lowest BCUT2D eigenvalue weighted by molar-refractivity contribution is -0.200. The van der Waals surface area contributed by atoms with Crippen LogP contribution in [0.1, 0.15) is 32.4 Å². The number of hydrogen-bond acceptors (Lipinski definition) is 3. The van der Waals surface area contributed by atoms with Gasteiger partial charge in [0.2, 0.25) is 5.91 Å². The lowest BCUT2D eigenvalue weighted by atomic mass is 9.82. The van der Waals surface area contributed by atoms with Crippen molar-refractivity contribution >= 4 is 21.8 Å². The first-order valence-corrected chi connectivity index (χ1v) is 7.97. The van der Waals surface area contributed by atoms with Crippen molar-refractivity contribution in [1.82, 2.24) is 5.32 Å². The van der Waals surface area contributed by atoms with E-state index in [1.165, 1.54) is 12.5 Å². The third-order valence-corrected chi connectivity index (χ3v) is 4.65. The van der Waals surface area contributed by atoms with Gasteiger partial charge >= 0.3 is 0 Å². The third kappa shape index (κ3) is 2.93. The fraction of sp³-hybridized carbons (Fsp3) is 0.438. The Morgan fingerprint density at radius 2 is 1.86 bits per heavy atom. The summed E-state index contributed by atoms with van der Waals surface area (Å²) in [6.07, 6.45) is 2.94. The standard InChI is InChI=1S/C16H20BrNO3/c1-12(13-7-5-4-6-8-13)18-14(19)15(2,3)16(11-17)20-9-10-21-16/h4-10,12H,11H2,1-3H3,(H,18,19)/t12-/m1/s1. The molecule has 21 heavy (non-hydrogen) atoms. The number of alkyl halides is 1. The van der Waals surface area contributed by atoms with Crippen molar-refractivity contribution in [3.63, 3.8) is 0 Å². The average Bonchev–Trinajstić information content (AvgIpc) is 2.98. The van der Waals surface area contributed by atoms with Crippen molar-refractivity contribution in [1.29, 1.82) is 0 Å². The van der Waals surface area contributed by atoms with Crippen LogP contribution in [-0.2, 0) is 14.3 Å². The number of halogens is 1. The highest BCUT2D eigenvalue weighted by Crippen LogP contribution is 2.40. The second-order valence-corrected chi connectivity index (χ2v) is 6.19. The van der Waals surface area contributed by atoms with Crippen LogP contribution in [0.2, 0.25) is 0 Å². The maximum atomic E-state index is 12.7. The van der Waals surface area contributed by atoms with Crippen molar-refractivity contribution in [3.8, 4) is 0 Å². The second-order valence-electron chi connectivity index (χ2n) is 5.63. The monoisotopic (exact) mass is 353 g/mol. The van der Waals surface area contributed by atoms with E-state index in [0.29, 0.717) is 5.33 Å². The molecule has 1 atom stereocenters. The van der Waals surface area contributed by atoms with Crippen LogP contribution in [0.4, 0.5) is 0 Å². The summed E-state index contributed by atoms with van der Waals surface area (Å²) >= 11 is 3.38. The highest BCUT2D eigenvalue weighted by Gasteiger charge is 2.55. The molecule has 1 aromatic carbocycles. The molecule has 2 rings (SSSR count). The normalized spacial score (nSPS) is 17.7. The van der Waals surface area contributed by atoms with Gasteiger partial charge in [-0.3, -0.25) is 4.79 Å². The molecule has 5 heteroatoms. The Bertz CT molecular complexity index is 520. The molecule has 1 aromatic rings. The molecule has 0 saturated carbocycles. The lowest BCUT2D eigenvalue weighted by Gasteiger charge is -2.39. The Labute approximate surface area is 133 Å². The fourth-order valence-corrected chi connectivity index (χ4v) is 3.17. The summed E-state index contributed by atoms with van der Waals surface area (Å²) in [5.41, 5.74) is 0.198. The molecule has 0 unspecified atom stereocenters. The van der Waals surface area contributed by atoms with Crippen molar-refractivity contribution in [2.45, 2.75) is 32.6 Å². The van der Waals surface area contributed by atoms with Gasteiger partial charge in [-0.1, -0.05) is 46.3 Å². The molecule has 0 aromatic heterocycles. The van der Waals surface area contributed by atoms with E-state index >= 15 is 0 Å². The summed E-state index contributed by atoms with van der Waals surface area (Å²) < 4.78 is 11.1. The molecule has 0 radical (unpaired) electrons. The van der Waals surface area contributed by atoms with Gasteiger partial charge in [-0.15, -0.1) is 0 Å². The van der Waals surface area contributed by atoms with Gasteiger partial charge < -0.3 is 14.8 Å². The summed E-state index contributed by atoms with van der Waals surface area (Å²) in [6, 6.07) is 9.75. The van der Waals surface area contributed by atoms with Crippen LogP contribution in [0.15, 0.2) is 42.9 Å². The molecule has 1 aliphatic rings. The molecule has 0 bridgehead atoms. The molecule has 114 valence electrons. The summed E-state index contributed by atoms with van der Waals surface area (Å²) in [5, 5.41) is 3.42. The van der Waals surface area contributed by atoms with Crippen LogP contribution < -0.4 is 5.32 Å². The number of carbonyl (C=O) groups is 1. The Balaban J connectivity index is 2.12. The van der Waals surface area contributed by atoms with E-state index < -0.39 is 11.2 Å². The zero-order chi connectivity index (χ0) is 15.5. The maximum Gasteiger partial charge on any atom is 0.273 e. The van der Waals surface area contributed by atoms with E-state index in [4.69, 9.17) is 9.47 Å². The number of ether oxygens (including phenoxy) is 2. The molecule has 1 N–H and O–H groups in total. The summed E-state index contributed by atoms with van der Waals surface area (Å²) in [4.78, 5) is 12.7. The first-order chi connectivity index (χ1) is 9.93. The van der Waals surface area contributed by atoms with E-state index in [1.807, 2.05) is 51.1 Å². The molecule has 0 fully saturated rings. The van der Waals surface area contributed by atoms with Crippen LogP contribution in [0.3, 0.4) is 0 Å². The zero-order valence-electron chi connectivity index (χ0n) is 12.4. The first kappa shape index (κ1) is 15.9. The van der Waals surface area contributed by atoms with E-state index in [2.05, 4.69) is 21.2 Å². The van der Waals surface area contributed by atoms with Crippen molar-refractivity contribution in [2.24, 2.45) is 5.41 Å². The topological polar surface area (TPSA) is 47.6 Å². The van der Waals surface area contributed by atoms with Gasteiger partial charge in [-0.25, -0.2) is 0 Å². The highest BCUT2D eigenvalue weighted by molar-refractivity contribution is 9.09. The van der Waals surface area contributed by atoms with E-state index in [-0.39, 0.29) is 11.9 Å². The van der Waals surface area contributed by atoms with Gasteiger partial charge in [0, 0.05) is 0 Å². The summed E-state index contributed by atoms with van der Waals surface area (Å²) in [7, 11) is 0. The highest BCUT2D eigenvalue weighted by atomic mass is 79.9. The van der Waals surface area contributed by atoms with Crippen LogP contribution >= 0.6 is 15.9 Å². The largest absolute Gasteiger partial charge is 0.455 e. The quantitative estimate of drug-likeness (QED) is 0.824. The molecule has 4 nitrogen and oxygen atoms in total.